The van der Waals surface area contributed by atoms with Gasteiger partial charge in [-0.15, -0.1) is 0 Å². The molecule has 1 aromatic carbocycles. The molecule has 1 aliphatic heterocycles. The molecular weight excluding hydrogens is 416 g/mol. The van der Waals surface area contributed by atoms with Crippen molar-refractivity contribution in [2.45, 2.75) is 26.7 Å². The van der Waals surface area contributed by atoms with E-state index in [1.807, 2.05) is 6.92 Å². The minimum atomic E-state index is -0.762. The van der Waals surface area contributed by atoms with Gasteiger partial charge in [0.2, 0.25) is 5.88 Å². The second kappa shape index (κ2) is 8.82. The van der Waals surface area contributed by atoms with Gasteiger partial charge < -0.3 is 24.7 Å². The van der Waals surface area contributed by atoms with Crippen molar-refractivity contribution in [3.05, 3.63) is 45.0 Å². The number of halogens is 1. The van der Waals surface area contributed by atoms with E-state index in [1.54, 1.807) is 26.0 Å². The fraction of sp³-hybridized carbons (Fsp3) is 0.368. The quantitative estimate of drug-likeness (QED) is 0.680. The summed E-state index contributed by atoms with van der Waals surface area (Å²) in [6.07, 6.45) is 0. The van der Waals surface area contributed by atoms with Crippen LogP contribution in [0.25, 0.3) is 0 Å². The number of hydrogen-bond donors (Lipinski definition) is 1. The minimum Gasteiger partial charge on any atom is -0.493 e. The highest BCUT2D eigenvalue weighted by Gasteiger charge is 2.37. The molecule has 8 heteroatoms. The summed E-state index contributed by atoms with van der Waals surface area (Å²) in [6, 6.07) is 5.49. The number of carbonyl (C=O) groups is 1. The first-order chi connectivity index (χ1) is 12.9. The van der Waals surface area contributed by atoms with Crippen molar-refractivity contribution in [1.29, 1.82) is 5.26 Å². The van der Waals surface area contributed by atoms with Gasteiger partial charge in [-0.1, -0.05) is 15.9 Å². The Kier molecular flexibility index (Phi) is 6.75. The summed E-state index contributed by atoms with van der Waals surface area (Å²) in [6.45, 7) is 5.78. The maximum absolute atomic E-state index is 12.6. The zero-order valence-electron chi connectivity index (χ0n) is 15.6. The van der Waals surface area contributed by atoms with Crippen molar-refractivity contribution in [2.75, 3.05) is 20.3 Å². The Morgan fingerprint density at radius 2 is 2.04 bits per heavy atom. The Morgan fingerprint density at radius 1 is 1.33 bits per heavy atom. The first-order valence-electron chi connectivity index (χ1n) is 8.35. The molecule has 144 valence electrons. The highest BCUT2D eigenvalue weighted by molar-refractivity contribution is 9.10. The molecule has 1 aliphatic rings. The van der Waals surface area contributed by atoms with E-state index in [1.165, 1.54) is 7.11 Å². The van der Waals surface area contributed by atoms with Gasteiger partial charge in [-0.3, -0.25) is 0 Å². The smallest absolute Gasteiger partial charge is 0.338 e. The molecule has 1 aromatic rings. The predicted octanol–water partition coefficient (Wildman–Crippen LogP) is 3.50. The third-order valence-electron chi connectivity index (χ3n) is 3.99. The molecule has 0 aromatic heterocycles. The molecule has 0 aliphatic carbocycles. The molecule has 0 fully saturated rings. The van der Waals surface area contributed by atoms with Crippen LogP contribution in [0.15, 0.2) is 39.4 Å². The Hall–Kier alpha value is -2.66. The van der Waals surface area contributed by atoms with Gasteiger partial charge >= 0.3 is 5.97 Å². The summed E-state index contributed by atoms with van der Waals surface area (Å²) in [7, 11) is 1.53. The van der Waals surface area contributed by atoms with Gasteiger partial charge in [0.1, 0.15) is 17.4 Å². The summed E-state index contributed by atoms with van der Waals surface area (Å²) in [5, 5.41) is 9.66. The summed E-state index contributed by atoms with van der Waals surface area (Å²) in [4.78, 5) is 12.6. The molecule has 7 nitrogen and oxygen atoms in total. The SMILES string of the molecule is CCOC(=O)C1=C(C)OC(N)=C(C#N)C1c1cc(OCC)c(OC)cc1Br. The number of allylic oxidation sites excluding steroid dienone is 2. The van der Waals surface area contributed by atoms with Gasteiger partial charge in [0.05, 0.1) is 31.8 Å². The molecule has 1 unspecified atom stereocenters. The number of rotatable bonds is 6. The lowest BCUT2D eigenvalue weighted by molar-refractivity contribution is -0.139. The van der Waals surface area contributed by atoms with E-state index in [0.29, 0.717) is 28.1 Å². The van der Waals surface area contributed by atoms with Crippen molar-refractivity contribution in [2.24, 2.45) is 5.73 Å². The highest BCUT2D eigenvalue weighted by Crippen LogP contribution is 2.45. The van der Waals surface area contributed by atoms with E-state index < -0.39 is 11.9 Å². The van der Waals surface area contributed by atoms with Crippen LogP contribution in [0.2, 0.25) is 0 Å². The number of nitrogens with zero attached hydrogens (tertiary/aromatic N) is 1. The zero-order valence-corrected chi connectivity index (χ0v) is 17.2. The molecule has 27 heavy (non-hydrogen) atoms. The highest BCUT2D eigenvalue weighted by atomic mass is 79.9. The van der Waals surface area contributed by atoms with Crippen molar-refractivity contribution in [1.82, 2.24) is 0 Å². The number of methoxy groups -OCH3 is 1. The molecule has 0 spiro atoms. The van der Waals surface area contributed by atoms with Crippen LogP contribution in [0.4, 0.5) is 0 Å². The van der Waals surface area contributed by atoms with E-state index in [2.05, 4.69) is 22.0 Å². The number of ether oxygens (including phenoxy) is 4. The van der Waals surface area contributed by atoms with Gasteiger partial charge in [0, 0.05) is 4.47 Å². The molecule has 0 radical (unpaired) electrons. The lowest BCUT2D eigenvalue weighted by Crippen LogP contribution is -2.25. The predicted molar refractivity (Wildman–Crippen MR) is 102 cm³/mol. The van der Waals surface area contributed by atoms with Crippen LogP contribution in [0, 0.1) is 11.3 Å². The number of nitriles is 1. The Labute approximate surface area is 166 Å². The number of esters is 1. The van der Waals surface area contributed by atoms with E-state index in [9.17, 15) is 10.1 Å². The number of nitrogens with two attached hydrogens (primary N) is 1. The normalized spacial score (nSPS) is 16.5. The maximum atomic E-state index is 12.6. The van der Waals surface area contributed by atoms with Crippen LogP contribution in [0.5, 0.6) is 11.5 Å². The summed E-state index contributed by atoms with van der Waals surface area (Å²) in [5.41, 5.74) is 6.88. The first-order valence-corrected chi connectivity index (χ1v) is 9.14. The van der Waals surface area contributed by atoms with Crippen molar-refractivity contribution in [3.8, 4) is 17.6 Å². The van der Waals surface area contributed by atoms with E-state index in [4.69, 9.17) is 24.7 Å². The Balaban J connectivity index is 2.73. The molecule has 0 saturated carbocycles. The largest absolute Gasteiger partial charge is 0.493 e. The fourth-order valence-corrected chi connectivity index (χ4v) is 3.42. The first kappa shape index (κ1) is 20.6. The molecule has 0 saturated heterocycles. The number of hydrogen-bond acceptors (Lipinski definition) is 7. The second-order valence-electron chi connectivity index (χ2n) is 5.57. The molecule has 0 amide bonds. The summed E-state index contributed by atoms with van der Waals surface area (Å²) in [5.74, 6) is -0.0811. The number of carbonyl (C=O) groups excluding carboxylic acids is 1. The molecule has 0 bridgehead atoms. The van der Waals surface area contributed by atoms with Gasteiger partial charge in [-0.25, -0.2) is 4.79 Å². The molecule has 1 atom stereocenters. The Bertz CT molecular complexity index is 854. The molecule has 1 heterocycles. The maximum Gasteiger partial charge on any atom is 0.338 e. The monoisotopic (exact) mass is 436 g/mol. The number of benzene rings is 1. The van der Waals surface area contributed by atoms with Crippen LogP contribution in [-0.4, -0.2) is 26.3 Å². The van der Waals surface area contributed by atoms with Gasteiger partial charge in [0.25, 0.3) is 0 Å². The Morgan fingerprint density at radius 3 is 2.59 bits per heavy atom. The van der Waals surface area contributed by atoms with E-state index in [0.717, 1.165) is 0 Å². The van der Waals surface area contributed by atoms with Gasteiger partial charge in [-0.05, 0) is 38.5 Å². The van der Waals surface area contributed by atoms with E-state index in [-0.39, 0.29) is 29.4 Å². The molecule has 2 rings (SSSR count). The van der Waals surface area contributed by atoms with Crippen LogP contribution >= 0.6 is 15.9 Å². The van der Waals surface area contributed by atoms with Crippen molar-refractivity contribution >= 4 is 21.9 Å². The third-order valence-corrected chi connectivity index (χ3v) is 4.68. The minimum absolute atomic E-state index is 0.0475. The molecular formula is C19H21BrN2O5. The van der Waals surface area contributed by atoms with Crippen LogP contribution < -0.4 is 15.2 Å². The van der Waals surface area contributed by atoms with Crippen LogP contribution in [0.3, 0.4) is 0 Å². The summed E-state index contributed by atoms with van der Waals surface area (Å²) >= 11 is 3.50. The standard InChI is InChI=1S/C19H21BrN2O5/c1-5-25-15-7-11(13(20)8-14(15)24-4)17-12(9-21)18(22)27-10(3)16(17)19(23)26-6-2/h7-8,17H,5-6,22H2,1-4H3. The zero-order chi connectivity index (χ0) is 20.1. The van der Waals surface area contributed by atoms with Crippen molar-refractivity contribution < 1.29 is 23.7 Å². The van der Waals surface area contributed by atoms with Gasteiger partial charge in [0.15, 0.2) is 11.5 Å². The van der Waals surface area contributed by atoms with Crippen molar-refractivity contribution in [3.63, 3.8) is 0 Å². The topological polar surface area (TPSA) is 104 Å². The van der Waals surface area contributed by atoms with E-state index >= 15 is 0 Å². The van der Waals surface area contributed by atoms with Crippen LogP contribution in [0.1, 0.15) is 32.3 Å². The van der Waals surface area contributed by atoms with Gasteiger partial charge in [-0.2, -0.15) is 5.26 Å². The van der Waals surface area contributed by atoms with Crippen LogP contribution in [-0.2, 0) is 14.3 Å². The third kappa shape index (κ3) is 4.03. The fourth-order valence-electron chi connectivity index (χ4n) is 2.87. The molecule has 2 N–H and O–H groups in total. The average molecular weight is 437 g/mol. The lowest BCUT2D eigenvalue weighted by Gasteiger charge is -2.28. The lowest BCUT2D eigenvalue weighted by atomic mass is 9.83. The second-order valence-corrected chi connectivity index (χ2v) is 6.43. The average Bonchev–Trinajstić information content (AvgIpc) is 2.62. The summed E-state index contributed by atoms with van der Waals surface area (Å²) < 4.78 is 22.2.